The Labute approximate surface area is 134 Å². The van der Waals surface area contributed by atoms with Crippen molar-refractivity contribution in [2.75, 3.05) is 5.32 Å². The summed E-state index contributed by atoms with van der Waals surface area (Å²) >= 11 is 0. The van der Waals surface area contributed by atoms with Crippen LogP contribution >= 0.6 is 0 Å². The van der Waals surface area contributed by atoms with Gasteiger partial charge in [0.2, 0.25) is 15.9 Å². The highest BCUT2D eigenvalue weighted by molar-refractivity contribution is 7.89. The van der Waals surface area contributed by atoms with Gasteiger partial charge < -0.3 is 5.32 Å². The summed E-state index contributed by atoms with van der Waals surface area (Å²) in [6.07, 6.45) is 1.12. The molecular formula is C15H18N4O3S. The summed E-state index contributed by atoms with van der Waals surface area (Å²) in [6, 6.07) is 5.54. The molecule has 0 bridgehead atoms. The molecule has 1 aliphatic rings. The van der Waals surface area contributed by atoms with Crippen LogP contribution in [0.5, 0.6) is 0 Å². The molecule has 0 atom stereocenters. The van der Waals surface area contributed by atoms with E-state index in [1.54, 1.807) is 13.8 Å². The molecule has 8 heteroatoms. The fourth-order valence-corrected chi connectivity index (χ4v) is 4.12. The van der Waals surface area contributed by atoms with Gasteiger partial charge in [0.25, 0.3) is 0 Å². The molecular weight excluding hydrogens is 316 g/mol. The number of anilines is 1. The lowest BCUT2D eigenvalue weighted by Crippen LogP contribution is -2.24. The number of hydrogen-bond donors (Lipinski definition) is 3. The third kappa shape index (κ3) is 3.13. The van der Waals surface area contributed by atoms with Gasteiger partial charge in [0.1, 0.15) is 4.90 Å². The first kappa shape index (κ1) is 15.7. The van der Waals surface area contributed by atoms with Crippen LogP contribution in [0.3, 0.4) is 0 Å². The number of carbonyl (C=O) groups is 1. The van der Waals surface area contributed by atoms with Crippen LogP contribution in [-0.2, 0) is 27.8 Å². The first-order chi connectivity index (χ1) is 10.9. The molecule has 2 heterocycles. The molecule has 1 aromatic carbocycles. The van der Waals surface area contributed by atoms with Crippen molar-refractivity contribution in [1.82, 2.24) is 14.9 Å². The Balaban J connectivity index is 1.77. The quantitative estimate of drug-likeness (QED) is 0.786. The standard InChI is InChI=1S/C15H18N4O3S/c1-9-15(10(2)19-18-9)23(21,22)16-8-11-3-5-13-12(7-11)4-6-14(20)17-13/h3,5,7,16H,4,6,8H2,1-2H3,(H,17,20)(H,18,19). The maximum atomic E-state index is 12.4. The zero-order chi connectivity index (χ0) is 16.6. The molecule has 0 radical (unpaired) electrons. The van der Waals surface area contributed by atoms with Crippen molar-refractivity contribution in [2.24, 2.45) is 0 Å². The highest BCUT2D eigenvalue weighted by atomic mass is 32.2. The van der Waals surface area contributed by atoms with Gasteiger partial charge >= 0.3 is 0 Å². The maximum absolute atomic E-state index is 12.4. The van der Waals surface area contributed by atoms with Gasteiger partial charge in [-0.05, 0) is 37.5 Å². The number of nitrogens with one attached hydrogen (secondary N) is 3. The number of hydrogen-bond acceptors (Lipinski definition) is 4. The number of fused-ring (bicyclic) bond motifs is 1. The summed E-state index contributed by atoms with van der Waals surface area (Å²) < 4.78 is 27.4. The second kappa shape index (κ2) is 5.78. The molecule has 7 nitrogen and oxygen atoms in total. The fourth-order valence-electron chi connectivity index (χ4n) is 2.73. The van der Waals surface area contributed by atoms with E-state index in [4.69, 9.17) is 0 Å². The van der Waals surface area contributed by atoms with Gasteiger partial charge in [-0.25, -0.2) is 13.1 Å². The number of benzene rings is 1. The van der Waals surface area contributed by atoms with Crippen molar-refractivity contribution in [2.45, 2.75) is 38.1 Å². The van der Waals surface area contributed by atoms with Crippen LogP contribution in [0.2, 0.25) is 0 Å². The Morgan fingerprint density at radius 3 is 2.74 bits per heavy atom. The van der Waals surface area contributed by atoms with Crippen molar-refractivity contribution >= 4 is 21.6 Å². The van der Waals surface area contributed by atoms with Crippen LogP contribution in [0.15, 0.2) is 23.1 Å². The van der Waals surface area contributed by atoms with E-state index in [2.05, 4.69) is 20.2 Å². The van der Waals surface area contributed by atoms with Crippen LogP contribution in [0.4, 0.5) is 5.69 Å². The monoisotopic (exact) mass is 334 g/mol. The minimum atomic E-state index is -3.62. The van der Waals surface area contributed by atoms with E-state index in [1.807, 2.05) is 18.2 Å². The van der Waals surface area contributed by atoms with Crippen LogP contribution in [0.25, 0.3) is 0 Å². The molecule has 1 aliphatic heterocycles. The molecule has 0 saturated heterocycles. The average molecular weight is 334 g/mol. The third-order valence-electron chi connectivity index (χ3n) is 3.86. The Morgan fingerprint density at radius 1 is 1.26 bits per heavy atom. The molecule has 122 valence electrons. The first-order valence-electron chi connectivity index (χ1n) is 7.30. The fraction of sp³-hybridized carbons (Fsp3) is 0.333. The number of amides is 1. The van der Waals surface area contributed by atoms with Crippen LogP contribution < -0.4 is 10.0 Å². The van der Waals surface area contributed by atoms with E-state index in [-0.39, 0.29) is 17.3 Å². The first-order valence-corrected chi connectivity index (χ1v) is 8.78. The Bertz CT molecular complexity index is 851. The zero-order valence-corrected chi connectivity index (χ0v) is 13.8. The van der Waals surface area contributed by atoms with Crippen molar-refractivity contribution in [3.8, 4) is 0 Å². The lowest BCUT2D eigenvalue weighted by molar-refractivity contribution is -0.116. The van der Waals surface area contributed by atoms with E-state index < -0.39 is 10.0 Å². The van der Waals surface area contributed by atoms with E-state index in [0.29, 0.717) is 24.2 Å². The molecule has 2 aromatic rings. The van der Waals surface area contributed by atoms with E-state index in [1.165, 1.54) is 0 Å². The molecule has 23 heavy (non-hydrogen) atoms. The van der Waals surface area contributed by atoms with Crippen LogP contribution in [-0.4, -0.2) is 24.5 Å². The van der Waals surface area contributed by atoms with Gasteiger partial charge in [-0.2, -0.15) is 5.10 Å². The normalized spacial score (nSPS) is 14.4. The Morgan fingerprint density at radius 2 is 2.04 bits per heavy atom. The highest BCUT2D eigenvalue weighted by Gasteiger charge is 2.22. The van der Waals surface area contributed by atoms with E-state index in [0.717, 1.165) is 16.8 Å². The SMILES string of the molecule is Cc1n[nH]c(C)c1S(=O)(=O)NCc1ccc2c(c1)CCC(=O)N2. The largest absolute Gasteiger partial charge is 0.326 e. The van der Waals surface area contributed by atoms with Gasteiger partial charge in [0.15, 0.2) is 0 Å². The minimum absolute atomic E-state index is 0.0110. The number of aromatic nitrogens is 2. The molecule has 1 aromatic heterocycles. The molecule has 0 spiro atoms. The highest BCUT2D eigenvalue weighted by Crippen LogP contribution is 2.24. The van der Waals surface area contributed by atoms with Gasteiger partial charge in [0, 0.05) is 18.7 Å². The second-order valence-electron chi connectivity index (χ2n) is 5.63. The Hall–Kier alpha value is -2.19. The maximum Gasteiger partial charge on any atom is 0.244 e. The smallest absolute Gasteiger partial charge is 0.244 e. The minimum Gasteiger partial charge on any atom is -0.326 e. The average Bonchev–Trinajstić information content (AvgIpc) is 2.85. The van der Waals surface area contributed by atoms with Crippen molar-refractivity contribution in [1.29, 1.82) is 0 Å². The van der Waals surface area contributed by atoms with Crippen molar-refractivity contribution in [3.05, 3.63) is 40.7 Å². The van der Waals surface area contributed by atoms with Gasteiger partial charge in [-0.3, -0.25) is 9.89 Å². The predicted octanol–water partition coefficient (Wildman–Crippen LogP) is 1.39. The third-order valence-corrected chi connectivity index (χ3v) is 5.52. The van der Waals surface area contributed by atoms with E-state index in [9.17, 15) is 13.2 Å². The topological polar surface area (TPSA) is 104 Å². The lowest BCUT2D eigenvalue weighted by atomic mass is 10.0. The van der Waals surface area contributed by atoms with E-state index >= 15 is 0 Å². The number of nitrogens with zero attached hydrogens (tertiary/aromatic N) is 1. The van der Waals surface area contributed by atoms with Crippen molar-refractivity contribution in [3.63, 3.8) is 0 Å². The van der Waals surface area contributed by atoms with Gasteiger partial charge in [0.05, 0.1) is 11.4 Å². The molecule has 0 unspecified atom stereocenters. The van der Waals surface area contributed by atoms with Crippen molar-refractivity contribution < 1.29 is 13.2 Å². The molecule has 3 N–H and O–H groups in total. The number of aryl methyl sites for hydroxylation is 3. The number of rotatable bonds is 4. The predicted molar refractivity (Wildman–Crippen MR) is 85.5 cm³/mol. The summed E-state index contributed by atoms with van der Waals surface area (Å²) in [4.78, 5) is 11.5. The zero-order valence-electron chi connectivity index (χ0n) is 12.9. The van der Waals surface area contributed by atoms with Gasteiger partial charge in [-0.15, -0.1) is 0 Å². The summed E-state index contributed by atoms with van der Waals surface area (Å²) in [5.41, 5.74) is 3.64. The summed E-state index contributed by atoms with van der Waals surface area (Å²) in [5.74, 6) is 0.0110. The second-order valence-corrected chi connectivity index (χ2v) is 7.33. The summed E-state index contributed by atoms with van der Waals surface area (Å²) in [6.45, 7) is 3.52. The molecule has 0 saturated carbocycles. The molecule has 0 aliphatic carbocycles. The van der Waals surface area contributed by atoms with Crippen LogP contribution in [0.1, 0.15) is 28.9 Å². The number of H-pyrrole nitrogens is 1. The summed E-state index contributed by atoms with van der Waals surface area (Å²) in [7, 11) is -3.62. The molecule has 1 amide bonds. The number of sulfonamides is 1. The lowest BCUT2D eigenvalue weighted by Gasteiger charge is -2.17. The number of carbonyl (C=O) groups excluding carboxylic acids is 1. The van der Waals surface area contributed by atoms with Gasteiger partial charge in [-0.1, -0.05) is 12.1 Å². The van der Waals surface area contributed by atoms with Crippen LogP contribution in [0, 0.1) is 13.8 Å². The molecule has 3 rings (SSSR count). The number of aromatic amines is 1. The summed E-state index contributed by atoms with van der Waals surface area (Å²) in [5, 5.41) is 9.40. The molecule has 0 fully saturated rings. The Kier molecular flexibility index (Phi) is 3.95.